The molecule has 0 bridgehead atoms. The monoisotopic (exact) mass is 457 g/mol. The molecule has 2 atom stereocenters. The van der Waals surface area contributed by atoms with Gasteiger partial charge in [0.05, 0.1) is 17.0 Å². The predicted octanol–water partition coefficient (Wildman–Crippen LogP) is 3.63. The largest absolute Gasteiger partial charge is 0.378 e. The molecule has 0 aliphatic heterocycles. The number of amides is 1. The maximum Gasteiger partial charge on any atom is 0.274 e. The van der Waals surface area contributed by atoms with Gasteiger partial charge < -0.3 is 20.1 Å². The summed E-state index contributed by atoms with van der Waals surface area (Å²) in [4.78, 5) is 17.5. The van der Waals surface area contributed by atoms with Crippen LogP contribution >= 0.6 is 11.6 Å². The van der Waals surface area contributed by atoms with Crippen molar-refractivity contribution in [1.82, 2.24) is 9.55 Å². The summed E-state index contributed by atoms with van der Waals surface area (Å²) in [7, 11) is 1.77. The van der Waals surface area contributed by atoms with Gasteiger partial charge >= 0.3 is 0 Å². The lowest BCUT2D eigenvalue weighted by Crippen LogP contribution is -2.24. The number of rotatable bonds is 3. The number of benzene rings is 1. The highest BCUT2D eigenvalue weighted by atomic mass is 35.5. The van der Waals surface area contributed by atoms with Gasteiger partial charge in [-0.3, -0.25) is 4.79 Å². The number of fused-ring (bicyclic) bond motifs is 1. The van der Waals surface area contributed by atoms with Gasteiger partial charge in [0, 0.05) is 18.7 Å². The van der Waals surface area contributed by atoms with E-state index in [4.69, 9.17) is 11.6 Å². The van der Waals surface area contributed by atoms with E-state index >= 15 is 0 Å². The lowest BCUT2D eigenvalue weighted by Gasteiger charge is -2.19. The van der Waals surface area contributed by atoms with Crippen molar-refractivity contribution in [2.24, 2.45) is 18.9 Å². The highest BCUT2D eigenvalue weighted by Gasteiger charge is 2.50. The molecule has 3 saturated carbocycles. The average molecular weight is 458 g/mol. The fraction of sp³-hybridized carbons (Fsp3) is 0.500. The summed E-state index contributed by atoms with van der Waals surface area (Å²) in [6.07, 6.45) is 5.82. The number of hydrogen-bond donors (Lipinski definition) is 3. The lowest BCUT2D eigenvalue weighted by atomic mass is 9.92. The smallest absolute Gasteiger partial charge is 0.274 e. The fourth-order valence-electron chi connectivity index (χ4n) is 5.25. The molecule has 0 spiro atoms. The van der Waals surface area contributed by atoms with E-state index in [0.29, 0.717) is 48.9 Å². The number of hydrogen-bond acceptors (Lipinski definition) is 4. The van der Waals surface area contributed by atoms with Gasteiger partial charge in [-0.2, -0.15) is 0 Å². The molecule has 1 heterocycles. The minimum absolute atomic E-state index is 0.0546. The molecular formula is C24H25ClFN3O3. The highest BCUT2D eigenvalue weighted by molar-refractivity contribution is 6.31. The molecule has 8 heteroatoms. The maximum absolute atomic E-state index is 13.4. The minimum Gasteiger partial charge on any atom is -0.378 e. The average Bonchev–Trinajstić information content (AvgIpc) is 3.03. The van der Waals surface area contributed by atoms with E-state index < -0.39 is 17.0 Å². The second-order valence-corrected chi connectivity index (χ2v) is 9.99. The van der Waals surface area contributed by atoms with Gasteiger partial charge in [-0.1, -0.05) is 23.4 Å². The van der Waals surface area contributed by atoms with Gasteiger partial charge in [0.2, 0.25) is 0 Å². The number of carbonyl (C=O) groups is 1. The predicted molar refractivity (Wildman–Crippen MR) is 118 cm³/mol. The summed E-state index contributed by atoms with van der Waals surface area (Å²) in [5.74, 6) is 5.68. The van der Waals surface area contributed by atoms with Crippen LogP contribution in [0.1, 0.15) is 60.6 Å². The van der Waals surface area contributed by atoms with Gasteiger partial charge in [0.25, 0.3) is 5.91 Å². The Balaban J connectivity index is 1.30. The molecule has 1 aromatic carbocycles. The van der Waals surface area contributed by atoms with E-state index in [1.54, 1.807) is 17.9 Å². The van der Waals surface area contributed by atoms with Gasteiger partial charge in [0.1, 0.15) is 22.7 Å². The highest BCUT2D eigenvalue weighted by Crippen LogP contribution is 2.54. The number of imidazole rings is 1. The molecule has 3 aliphatic carbocycles. The summed E-state index contributed by atoms with van der Waals surface area (Å²) in [6.45, 7) is 0. The summed E-state index contributed by atoms with van der Waals surface area (Å²) >= 11 is 5.83. The Morgan fingerprint density at radius 3 is 2.50 bits per heavy atom. The summed E-state index contributed by atoms with van der Waals surface area (Å²) in [5.41, 5.74) is -0.292. The Labute approximate surface area is 190 Å². The number of aromatic nitrogens is 2. The number of carbonyl (C=O) groups excluding carboxylic acids is 1. The molecule has 6 nitrogen and oxygen atoms in total. The Morgan fingerprint density at radius 2 is 1.88 bits per heavy atom. The number of anilines is 1. The third-order valence-corrected chi connectivity index (χ3v) is 7.33. The van der Waals surface area contributed by atoms with Crippen molar-refractivity contribution in [3.8, 4) is 11.8 Å². The summed E-state index contributed by atoms with van der Waals surface area (Å²) in [6, 6.07) is 4.06. The van der Waals surface area contributed by atoms with Gasteiger partial charge in [-0.05, 0) is 68.6 Å². The Bertz CT molecular complexity index is 1130. The molecule has 3 N–H and O–H groups in total. The van der Waals surface area contributed by atoms with Gasteiger partial charge in [0.15, 0.2) is 0 Å². The quantitative estimate of drug-likeness (QED) is 0.614. The van der Waals surface area contributed by atoms with E-state index in [1.165, 1.54) is 18.2 Å². The third kappa shape index (κ3) is 4.03. The standard InChI is InChI=1S/C24H25ClFN3O3/c1-29-13-27-20(21(29)22(30)28-17-2-3-19(26)18(25)10-17)14-8-15-11-24(32,12-16(15)9-14)7-6-23(31)4-5-23/h2-3,10,13-16,31-32H,4-5,8-9,11-12H2,1H3,(H,28,30). The minimum atomic E-state index is -1.04. The molecule has 2 aromatic rings. The van der Waals surface area contributed by atoms with Crippen LogP contribution in [0.5, 0.6) is 0 Å². The first-order valence-electron chi connectivity index (χ1n) is 10.9. The number of aliphatic hydroxyl groups is 2. The van der Waals surface area contributed by atoms with Crippen molar-refractivity contribution in [2.45, 2.75) is 55.6 Å². The SMILES string of the molecule is Cn1cnc(C2CC3CC(O)(C#CC4(O)CC4)CC3C2)c1C(=O)Nc1ccc(F)c(Cl)c1. The normalized spacial score (nSPS) is 29.8. The second-order valence-electron chi connectivity index (χ2n) is 9.58. The Hall–Kier alpha value is -2.40. The van der Waals surface area contributed by atoms with Crippen LogP contribution < -0.4 is 5.32 Å². The molecule has 3 fully saturated rings. The number of nitrogens with zero attached hydrogens (tertiary/aromatic N) is 2. The molecule has 1 aromatic heterocycles. The number of nitrogens with one attached hydrogen (secondary N) is 1. The van der Waals surface area contributed by atoms with Crippen LogP contribution in [0.3, 0.4) is 0 Å². The number of aryl methyl sites for hydroxylation is 1. The topological polar surface area (TPSA) is 87.4 Å². The van der Waals surface area contributed by atoms with Crippen molar-refractivity contribution in [2.75, 3.05) is 5.32 Å². The molecule has 1 amide bonds. The van der Waals surface area contributed by atoms with Crippen LogP contribution in [0.4, 0.5) is 10.1 Å². The van der Waals surface area contributed by atoms with E-state index in [-0.39, 0.29) is 16.8 Å². The van der Waals surface area contributed by atoms with Crippen molar-refractivity contribution >= 4 is 23.2 Å². The molecule has 3 aliphatic rings. The second kappa shape index (κ2) is 7.58. The Morgan fingerprint density at radius 1 is 1.22 bits per heavy atom. The fourth-order valence-corrected chi connectivity index (χ4v) is 5.43. The lowest BCUT2D eigenvalue weighted by molar-refractivity contribution is 0.0970. The zero-order chi connectivity index (χ0) is 22.7. The molecule has 168 valence electrons. The maximum atomic E-state index is 13.4. The Kier molecular flexibility index (Phi) is 5.08. The van der Waals surface area contributed by atoms with E-state index in [2.05, 4.69) is 22.1 Å². The van der Waals surface area contributed by atoms with Gasteiger partial charge in [-0.25, -0.2) is 9.37 Å². The van der Waals surface area contributed by atoms with Gasteiger partial charge in [-0.15, -0.1) is 0 Å². The molecule has 0 saturated heterocycles. The van der Waals surface area contributed by atoms with Crippen LogP contribution in [0.2, 0.25) is 5.02 Å². The van der Waals surface area contributed by atoms with Crippen LogP contribution in [0.15, 0.2) is 24.5 Å². The van der Waals surface area contributed by atoms with Crippen molar-refractivity contribution in [1.29, 1.82) is 0 Å². The zero-order valence-corrected chi connectivity index (χ0v) is 18.5. The molecule has 0 radical (unpaired) electrons. The molecule has 32 heavy (non-hydrogen) atoms. The van der Waals surface area contributed by atoms with Crippen molar-refractivity contribution < 1.29 is 19.4 Å². The van der Waals surface area contributed by atoms with Crippen LogP contribution in [-0.2, 0) is 7.05 Å². The van der Waals surface area contributed by atoms with Crippen LogP contribution in [-0.4, -0.2) is 36.9 Å². The first-order chi connectivity index (χ1) is 15.1. The molecule has 5 rings (SSSR count). The van der Waals surface area contributed by atoms with E-state index in [9.17, 15) is 19.4 Å². The first kappa shape index (κ1) is 21.4. The zero-order valence-electron chi connectivity index (χ0n) is 17.7. The molecular weight excluding hydrogens is 433 g/mol. The summed E-state index contributed by atoms with van der Waals surface area (Å²) < 4.78 is 15.1. The van der Waals surface area contributed by atoms with Crippen molar-refractivity contribution in [3.05, 3.63) is 46.8 Å². The van der Waals surface area contributed by atoms with Crippen LogP contribution in [0, 0.1) is 29.5 Å². The molecule has 2 unspecified atom stereocenters. The van der Waals surface area contributed by atoms with Crippen LogP contribution in [0.25, 0.3) is 0 Å². The van der Waals surface area contributed by atoms with E-state index in [1.807, 2.05) is 0 Å². The van der Waals surface area contributed by atoms with E-state index in [0.717, 1.165) is 18.5 Å². The number of halogens is 2. The third-order valence-electron chi connectivity index (χ3n) is 7.04. The summed E-state index contributed by atoms with van der Waals surface area (Å²) in [5, 5.41) is 23.6. The van der Waals surface area contributed by atoms with Crippen molar-refractivity contribution in [3.63, 3.8) is 0 Å². The first-order valence-corrected chi connectivity index (χ1v) is 11.3.